The van der Waals surface area contributed by atoms with Gasteiger partial charge in [0.25, 0.3) is 0 Å². The molecule has 1 saturated heterocycles. The van der Waals surface area contributed by atoms with E-state index in [0.29, 0.717) is 0 Å². The minimum absolute atomic E-state index is 0.160. The van der Waals surface area contributed by atoms with Gasteiger partial charge in [-0.3, -0.25) is 0 Å². The Kier molecular flexibility index (Phi) is 3.31. The Balaban J connectivity index is 1.72. The first-order chi connectivity index (χ1) is 8.74. The third kappa shape index (κ3) is 2.27. The molecular formula is C14H17FN2S. The molecule has 0 saturated carbocycles. The molecule has 1 fully saturated rings. The molecule has 0 atom stereocenters. The second-order valence-corrected chi connectivity index (χ2v) is 6.00. The molecule has 1 aromatic carbocycles. The molecule has 0 amide bonds. The Morgan fingerprint density at radius 3 is 3.00 bits per heavy atom. The SMILES string of the molecule is CN(CCc1c[nH]c2ccc(F)cc12)C1CSC1. The molecule has 0 radical (unpaired) electrons. The number of halogens is 1. The van der Waals surface area contributed by atoms with Gasteiger partial charge in [0.15, 0.2) is 0 Å². The Morgan fingerprint density at radius 1 is 1.44 bits per heavy atom. The van der Waals surface area contributed by atoms with Crippen molar-refractivity contribution >= 4 is 22.7 Å². The monoisotopic (exact) mass is 264 g/mol. The smallest absolute Gasteiger partial charge is 0.123 e. The van der Waals surface area contributed by atoms with Crippen LogP contribution in [-0.4, -0.2) is 41.0 Å². The van der Waals surface area contributed by atoms with Gasteiger partial charge in [0.2, 0.25) is 0 Å². The number of hydrogen-bond acceptors (Lipinski definition) is 2. The summed E-state index contributed by atoms with van der Waals surface area (Å²) in [6.45, 7) is 1.04. The van der Waals surface area contributed by atoms with Gasteiger partial charge in [-0.15, -0.1) is 0 Å². The Labute approximate surface area is 111 Å². The van der Waals surface area contributed by atoms with Crippen molar-refractivity contribution in [1.82, 2.24) is 9.88 Å². The molecule has 1 aliphatic rings. The van der Waals surface area contributed by atoms with E-state index >= 15 is 0 Å². The first-order valence-electron chi connectivity index (χ1n) is 6.27. The summed E-state index contributed by atoms with van der Waals surface area (Å²) in [6, 6.07) is 5.66. The number of aromatic nitrogens is 1. The predicted molar refractivity (Wildman–Crippen MR) is 75.7 cm³/mol. The van der Waals surface area contributed by atoms with E-state index in [1.54, 1.807) is 12.1 Å². The van der Waals surface area contributed by atoms with E-state index in [9.17, 15) is 4.39 Å². The van der Waals surface area contributed by atoms with Gasteiger partial charge >= 0.3 is 0 Å². The van der Waals surface area contributed by atoms with Crippen LogP contribution in [0.2, 0.25) is 0 Å². The van der Waals surface area contributed by atoms with Crippen molar-refractivity contribution in [2.45, 2.75) is 12.5 Å². The van der Waals surface area contributed by atoms with Crippen molar-refractivity contribution in [3.8, 4) is 0 Å². The van der Waals surface area contributed by atoms with Crippen LogP contribution in [0.15, 0.2) is 24.4 Å². The van der Waals surface area contributed by atoms with E-state index in [2.05, 4.69) is 16.9 Å². The van der Waals surface area contributed by atoms with E-state index in [1.807, 2.05) is 18.0 Å². The molecule has 2 heterocycles. The van der Waals surface area contributed by atoms with E-state index in [4.69, 9.17) is 0 Å². The topological polar surface area (TPSA) is 19.0 Å². The minimum atomic E-state index is -0.160. The fraction of sp³-hybridized carbons (Fsp3) is 0.429. The van der Waals surface area contributed by atoms with Crippen LogP contribution < -0.4 is 0 Å². The second kappa shape index (κ2) is 4.94. The third-order valence-electron chi connectivity index (χ3n) is 3.71. The number of likely N-dealkylation sites (N-methyl/N-ethyl adjacent to an activating group) is 1. The Hall–Kier alpha value is -1.00. The summed E-state index contributed by atoms with van der Waals surface area (Å²) in [4.78, 5) is 5.62. The molecule has 2 aromatic rings. The maximum atomic E-state index is 13.3. The van der Waals surface area contributed by atoms with Crippen LogP contribution in [0, 0.1) is 5.82 Å². The fourth-order valence-electron chi connectivity index (χ4n) is 2.31. The molecule has 3 rings (SSSR count). The van der Waals surface area contributed by atoms with Gasteiger partial charge in [-0.2, -0.15) is 11.8 Å². The summed E-state index contributed by atoms with van der Waals surface area (Å²) in [6.07, 6.45) is 2.98. The highest BCUT2D eigenvalue weighted by Gasteiger charge is 2.22. The average molecular weight is 264 g/mol. The number of hydrogen-bond donors (Lipinski definition) is 1. The molecular weight excluding hydrogens is 247 g/mol. The molecule has 1 N–H and O–H groups in total. The lowest BCUT2D eigenvalue weighted by molar-refractivity contribution is 0.276. The van der Waals surface area contributed by atoms with Crippen LogP contribution >= 0.6 is 11.8 Å². The normalized spacial score (nSPS) is 16.4. The molecule has 0 unspecified atom stereocenters. The number of benzene rings is 1. The van der Waals surface area contributed by atoms with Crippen LogP contribution in [0.5, 0.6) is 0 Å². The van der Waals surface area contributed by atoms with Gasteiger partial charge in [0.05, 0.1) is 0 Å². The number of aromatic amines is 1. The average Bonchev–Trinajstić information content (AvgIpc) is 2.66. The van der Waals surface area contributed by atoms with Gasteiger partial charge in [-0.05, 0) is 37.2 Å². The van der Waals surface area contributed by atoms with Crippen molar-refractivity contribution in [2.24, 2.45) is 0 Å². The lowest BCUT2D eigenvalue weighted by atomic mass is 10.1. The summed E-state index contributed by atoms with van der Waals surface area (Å²) in [5.41, 5.74) is 2.23. The number of H-pyrrole nitrogens is 1. The van der Waals surface area contributed by atoms with Gasteiger partial charge in [0.1, 0.15) is 5.82 Å². The standard InChI is InChI=1S/C14H17FN2S/c1-17(12-8-18-9-12)5-4-10-7-16-14-3-2-11(15)6-13(10)14/h2-3,6-7,12,16H,4-5,8-9H2,1H3. The highest BCUT2D eigenvalue weighted by atomic mass is 32.2. The molecule has 0 aliphatic carbocycles. The van der Waals surface area contributed by atoms with E-state index in [1.165, 1.54) is 23.1 Å². The Bertz CT molecular complexity index is 548. The van der Waals surface area contributed by atoms with Crippen molar-refractivity contribution in [1.29, 1.82) is 0 Å². The minimum Gasteiger partial charge on any atom is -0.361 e. The third-order valence-corrected chi connectivity index (χ3v) is 4.95. The van der Waals surface area contributed by atoms with Gasteiger partial charge in [0, 0.05) is 41.2 Å². The molecule has 2 nitrogen and oxygen atoms in total. The number of thioether (sulfide) groups is 1. The van der Waals surface area contributed by atoms with Crippen LogP contribution in [0.4, 0.5) is 4.39 Å². The summed E-state index contributed by atoms with van der Waals surface area (Å²) in [5, 5.41) is 1.02. The summed E-state index contributed by atoms with van der Waals surface area (Å²) in [5.74, 6) is 2.34. The van der Waals surface area contributed by atoms with Crippen LogP contribution in [0.25, 0.3) is 10.9 Å². The summed E-state index contributed by atoms with van der Waals surface area (Å²) >= 11 is 2.00. The fourth-order valence-corrected chi connectivity index (χ4v) is 3.27. The Morgan fingerprint density at radius 2 is 2.28 bits per heavy atom. The second-order valence-electron chi connectivity index (χ2n) is 4.93. The maximum absolute atomic E-state index is 13.3. The first kappa shape index (κ1) is 12.1. The zero-order chi connectivity index (χ0) is 12.5. The van der Waals surface area contributed by atoms with Gasteiger partial charge < -0.3 is 9.88 Å². The predicted octanol–water partition coefficient (Wildman–Crippen LogP) is 2.90. The maximum Gasteiger partial charge on any atom is 0.123 e. The lowest BCUT2D eigenvalue weighted by Gasteiger charge is -2.34. The van der Waals surface area contributed by atoms with Crippen molar-refractivity contribution in [3.63, 3.8) is 0 Å². The molecule has 4 heteroatoms. The molecule has 0 bridgehead atoms. The number of rotatable bonds is 4. The van der Waals surface area contributed by atoms with E-state index in [-0.39, 0.29) is 5.82 Å². The van der Waals surface area contributed by atoms with Crippen molar-refractivity contribution in [2.75, 3.05) is 25.1 Å². The summed E-state index contributed by atoms with van der Waals surface area (Å²) in [7, 11) is 2.18. The molecule has 96 valence electrons. The van der Waals surface area contributed by atoms with Gasteiger partial charge in [-0.1, -0.05) is 0 Å². The number of nitrogens with one attached hydrogen (secondary N) is 1. The zero-order valence-corrected chi connectivity index (χ0v) is 11.3. The molecule has 0 spiro atoms. The van der Waals surface area contributed by atoms with Crippen LogP contribution in [0.3, 0.4) is 0 Å². The van der Waals surface area contributed by atoms with Crippen molar-refractivity contribution in [3.05, 3.63) is 35.8 Å². The molecule has 1 aliphatic heterocycles. The number of nitrogens with zero attached hydrogens (tertiary/aromatic N) is 1. The van der Waals surface area contributed by atoms with Crippen LogP contribution in [0.1, 0.15) is 5.56 Å². The van der Waals surface area contributed by atoms with Crippen molar-refractivity contribution < 1.29 is 4.39 Å². The number of fused-ring (bicyclic) bond motifs is 1. The zero-order valence-electron chi connectivity index (χ0n) is 10.4. The van der Waals surface area contributed by atoms with E-state index < -0.39 is 0 Å². The summed E-state index contributed by atoms with van der Waals surface area (Å²) < 4.78 is 13.3. The first-order valence-corrected chi connectivity index (χ1v) is 7.43. The quantitative estimate of drug-likeness (QED) is 0.915. The highest BCUT2D eigenvalue weighted by molar-refractivity contribution is 8.00. The van der Waals surface area contributed by atoms with E-state index in [0.717, 1.165) is 29.9 Å². The molecule has 18 heavy (non-hydrogen) atoms. The largest absolute Gasteiger partial charge is 0.361 e. The highest BCUT2D eigenvalue weighted by Crippen LogP contribution is 2.23. The van der Waals surface area contributed by atoms with Crippen LogP contribution in [-0.2, 0) is 6.42 Å². The lowest BCUT2D eigenvalue weighted by Crippen LogP contribution is -2.42. The van der Waals surface area contributed by atoms with Gasteiger partial charge in [-0.25, -0.2) is 4.39 Å². The molecule has 1 aromatic heterocycles.